The highest BCUT2D eigenvalue weighted by Crippen LogP contribution is 2.18. The number of aromatic nitrogens is 3. The van der Waals surface area contributed by atoms with E-state index in [4.69, 9.17) is 5.73 Å². The second-order valence-corrected chi connectivity index (χ2v) is 4.04. The van der Waals surface area contributed by atoms with E-state index >= 15 is 0 Å². The topological polar surface area (TPSA) is 56.7 Å². The van der Waals surface area contributed by atoms with E-state index in [1.165, 1.54) is 0 Å². The Bertz CT molecular complexity index is 303. The second kappa shape index (κ2) is 3.10. The minimum atomic E-state index is 0.279. The highest BCUT2D eigenvalue weighted by atomic mass is 15.3. The Morgan fingerprint density at radius 2 is 2.23 bits per heavy atom. The molecule has 0 saturated carbocycles. The van der Waals surface area contributed by atoms with Gasteiger partial charge in [-0.1, -0.05) is 13.8 Å². The Labute approximate surface area is 78.1 Å². The van der Waals surface area contributed by atoms with Crippen LogP contribution in [0.1, 0.15) is 37.8 Å². The molecule has 0 aliphatic carbocycles. The van der Waals surface area contributed by atoms with E-state index in [1.54, 1.807) is 0 Å². The molecule has 4 nitrogen and oxygen atoms in total. The summed E-state index contributed by atoms with van der Waals surface area (Å²) >= 11 is 0. The first-order valence-corrected chi connectivity index (χ1v) is 4.86. The van der Waals surface area contributed by atoms with Crippen LogP contribution in [0.3, 0.4) is 0 Å². The summed E-state index contributed by atoms with van der Waals surface area (Å²) in [5, 5.41) is 8.36. The molecular formula is C9H16N4. The highest BCUT2D eigenvalue weighted by Gasteiger charge is 2.21. The fourth-order valence-electron chi connectivity index (χ4n) is 1.80. The Morgan fingerprint density at radius 3 is 2.92 bits per heavy atom. The minimum absolute atomic E-state index is 0.279. The average molecular weight is 180 g/mol. The molecule has 2 N–H and O–H groups in total. The predicted molar refractivity (Wildman–Crippen MR) is 50.4 cm³/mol. The van der Waals surface area contributed by atoms with Crippen LogP contribution in [0, 0.1) is 0 Å². The Morgan fingerprint density at radius 1 is 1.46 bits per heavy atom. The SMILES string of the molecule is CC(C)c1nnc2n1C[C@@H](N)CC2. The van der Waals surface area contributed by atoms with Crippen molar-refractivity contribution in [2.24, 2.45) is 5.73 Å². The smallest absolute Gasteiger partial charge is 0.135 e. The summed E-state index contributed by atoms with van der Waals surface area (Å²) in [5.41, 5.74) is 5.90. The number of nitrogens with zero attached hydrogens (tertiary/aromatic N) is 3. The molecule has 1 aliphatic heterocycles. The lowest BCUT2D eigenvalue weighted by Gasteiger charge is -2.21. The number of fused-ring (bicyclic) bond motifs is 1. The van der Waals surface area contributed by atoms with Crippen LogP contribution in [0.2, 0.25) is 0 Å². The Kier molecular flexibility index (Phi) is 2.07. The molecule has 0 amide bonds. The molecule has 1 aromatic heterocycles. The summed E-state index contributed by atoms with van der Waals surface area (Å²) in [6.45, 7) is 5.16. The molecule has 1 atom stereocenters. The predicted octanol–water partition coefficient (Wildman–Crippen LogP) is 0.675. The fourth-order valence-corrected chi connectivity index (χ4v) is 1.80. The van der Waals surface area contributed by atoms with Crippen LogP contribution in [0.15, 0.2) is 0 Å². The summed E-state index contributed by atoms with van der Waals surface area (Å²) in [6.07, 6.45) is 2.01. The van der Waals surface area contributed by atoms with Crippen LogP contribution >= 0.6 is 0 Å². The third-order valence-corrected chi connectivity index (χ3v) is 2.53. The van der Waals surface area contributed by atoms with Gasteiger partial charge in [-0.2, -0.15) is 0 Å². The molecule has 0 fully saturated rings. The van der Waals surface area contributed by atoms with Gasteiger partial charge in [-0.05, 0) is 6.42 Å². The molecule has 1 aliphatic rings. The van der Waals surface area contributed by atoms with Gasteiger partial charge < -0.3 is 10.3 Å². The van der Waals surface area contributed by atoms with E-state index in [9.17, 15) is 0 Å². The van der Waals surface area contributed by atoms with Crippen LogP contribution in [0.4, 0.5) is 0 Å². The van der Waals surface area contributed by atoms with Crippen molar-refractivity contribution in [3.63, 3.8) is 0 Å². The van der Waals surface area contributed by atoms with Gasteiger partial charge in [0, 0.05) is 24.9 Å². The van der Waals surface area contributed by atoms with Gasteiger partial charge in [0.2, 0.25) is 0 Å². The van der Waals surface area contributed by atoms with Crippen molar-refractivity contribution >= 4 is 0 Å². The van der Waals surface area contributed by atoms with Gasteiger partial charge in [-0.15, -0.1) is 10.2 Å². The second-order valence-electron chi connectivity index (χ2n) is 4.04. The van der Waals surface area contributed by atoms with Crippen molar-refractivity contribution in [3.05, 3.63) is 11.6 Å². The third kappa shape index (κ3) is 1.46. The normalized spacial score (nSPS) is 22.0. The largest absolute Gasteiger partial charge is 0.326 e. The molecule has 0 radical (unpaired) electrons. The first-order valence-electron chi connectivity index (χ1n) is 4.86. The van der Waals surface area contributed by atoms with Gasteiger partial charge >= 0.3 is 0 Å². The minimum Gasteiger partial charge on any atom is -0.326 e. The number of hydrogen-bond acceptors (Lipinski definition) is 3. The highest BCUT2D eigenvalue weighted by molar-refractivity contribution is 5.03. The molecule has 72 valence electrons. The van der Waals surface area contributed by atoms with Crippen molar-refractivity contribution in [1.82, 2.24) is 14.8 Å². The van der Waals surface area contributed by atoms with Crippen molar-refractivity contribution < 1.29 is 0 Å². The van der Waals surface area contributed by atoms with Crippen molar-refractivity contribution in [2.75, 3.05) is 0 Å². The van der Waals surface area contributed by atoms with Gasteiger partial charge in [-0.3, -0.25) is 0 Å². The maximum atomic E-state index is 5.90. The summed E-state index contributed by atoms with van der Waals surface area (Å²) in [5.74, 6) is 2.61. The molecule has 13 heavy (non-hydrogen) atoms. The van der Waals surface area contributed by atoms with Gasteiger partial charge in [0.25, 0.3) is 0 Å². The summed E-state index contributed by atoms with van der Waals surface area (Å²) < 4.78 is 2.18. The zero-order valence-corrected chi connectivity index (χ0v) is 8.20. The molecule has 0 saturated heterocycles. The Hall–Kier alpha value is -0.900. The van der Waals surface area contributed by atoms with Crippen LogP contribution in [-0.2, 0) is 13.0 Å². The molecule has 0 aromatic carbocycles. The zero-order valence-electron chi connectivity index (χ0n) is 8.20. The van der Waals surface area contributed by atoms with Crippen LogP contribution in [0.5, 0.6) is 0 Å². The number of nitrogens with two attached hydrogens (primary N) is 1. The van der Waals surface area contributed by atoms with Crippen molar-refractivity contribution in [1.29, 1.82) is 0 Å². The van der Waals surface area contributed by atoms with E-state index in [2.05, 4.69) is 28.6 Å². The van der Waals surface area contributed by atoms with Gasteiger partial charge in [0.1, 0.15) is 11.6 Å². The molecule has 0 spiro atoms. The lowest BCUT2D eigenvalue weighted by molar-refractivity contribution is 0.439. The zero-order chi connectivity index (χ0) is 9.42. The number of rotatable bonds is 1. The van der Waals surface area contributed by atoms with E-state index in [0.29, 0.717) is 5.92 Å². The molecule has 0 unspecified atom stereocenters. The summed E-state index contributed by atoms with van der Waals surface area (Å²) in [7, 11) is 0. The van der Waals surface area contributed by atoms with E-state index in [1.807, 2.05) is 0 Å². The summed E-state index contributed by atoms with van der Waals surface area (Å²) in [4.78, 5) is 0. The molecule has 2 heterocycles. The van der Waals surface area contributed by atoms with Crippen molar-refractivity contribution in [2.45, 2.75) is 45.2 Å². The molecule has 2 rings (SSSR count). The molecular weight excluding hydrogens is 164 g/mol. The van der Waals surface area contributed by atoms with Crippen LogP contribution in [0.25, 0.3) is 0 Å². The molecule has 1 aromatic rings. The molecule has 0 bridgehead atoms. The van der Waals surface area contributed by atoms with E-state index in [0.717, 1.165) is 31.0 Å². The Balaban J connectivity index is 2.35. The van der Waals surface area contributed by atoms with Crippen LogP contribution in [-0.4, -0.2) is 20.8 Å². The third-order valence-electron chi connectivity index (χ3n) is 2.53. The standard InChI is InChI=1S/C9H16N4/c1-6(2)9-12-11-8-4-3-7(10)5-13(8)9/h6-7H,3-5,10H2,1-2H3/t7-/m0/s1. The van der Waals surface area contributed by atoms with Crippen molar-refractivity contribution in [3.8, 4) is 0 Å². The van der Waals surface area contributed by atoms with E-state index in [-0.39, 0.29) is 6.04 Å². The summed E-state index contributed by atoms with van der Waals surface area (Å²) in [6, 6.07) is 0.279. The monoisotopic (exact) mass is 180 g/mol. The number of aryl methyl sites for hydroxylation is 1. The maximum absolute atomic E-state index is 5.90. The fraction of sp³-hybridized carbons (Fsp3) is 0.778. The van der Waals surface area contributed by atoms with Gasteiger partial charge in [0.15, 0.2) is 0 Å². The maximum Gasteiger partial charge on any atom is 0.135 e. The van der Waals surface area contributed by atoms with E-state index < -0.39 is 0 Å². The van der Waals surface area contributed by atoms with Gasteiger partial charge in [-0.25, -0.2) is 0 Å². The quantitative estimate of drug-likeness (QED) is 0.691. The van der Waals surface area contributed by atoms with Gasteiger partial charge in [0.05, 0.1) is 0 Å². The van der Waals surface area contributed by atoms with Crippen LogP contribution < -0.4 is 5.73 Å². The lowest BCUT2D eigenvalue weighted by Crippen LogP contribution is -2.32. The average Bonchev–Trinajstić information content (AvgIpc) is 2.46. The first-order chi connectivity index (χ1) is 6.18. The molecule has 4 heteroatoms. The lowest BCUT2D eigenvalue weighted by atomic mass is 10.1. The number of hydrogen-bond donors (Lipinski definition) is 1. The first kappa shape index (κ1) is 8.69.